The highest BCUT2D eigenvalue weighted by atomic mass is 32.1. The molecule has 2 heterocycles. The molecule has 0 bridgehead atoms. The SMILES string of the molecule is Cc1cc(C(O)=C2C(=O)C(=O)N(CCN(C)C)[C@@H]2c2cccs2)ccc1OCC(C)C. The number of hydrogen-bond acceptors (Lipinski definition) is 6. The minimum absolute atomic E-state index is 0.140. The van der Waals surface area contributed by atoms with E-state index in [9.17, 15) is 14.7 Å². The van der Waals surface area contributed by atoms with Crippen LogP contribution < -0.4 is 4.74 Å². The Morgan fingerprint density at radius 3 is 2.58 bits per heavy atom. The quantitative estimate of drug-likeness (QED) is 0.379. The summed E-state index contributed by atoms with van der Waals surface area (Å²) in [6.45, 7) is 7.68. The Hall–Kier alpha value is -2.64. The number of carbonyl (C=O) groups is 2. The van der Waals surface area contributed by atoms with E-state index in [1.807, 2.05) is 43.4 Å². The van der Waals surface area contributed by atoms with Crippen molar-refractivity contribution in [1.82, 2.24) is 9.80 Å². The number of nitrogens with zero attached hydrogens (tertiary/aromatic N) is 2. The monoisotopic (exact) mass is 442 g/mol. The highest BCUT2D eigenvalue weighted by Crippen LogP contribution is 2.41. The van der Waals surface area contributed by atoms with Gasteiger partial charge in [0.25, 0.3) is 11.7 Å². The lowest BCUT2D eigenvalue weighted by Gasteiger charge is -2.25. The van der Waals surface area contributed by atoms with Gasteiger partial charge in [0, 0.05) is 23.5 Å². The Balaban J connectivity index is 2.02. The third-order valence-electron chi connectivity index (χ3n) is 5.16. The Kier molecular flexibility index (Phi) is 7.18. The lowest BCUT2D eigenvalue weighted by Crippen LogP contribution is -2.35. The summed E-state index contributed by atoms with van der Waals surface area (Å²) in [4.78, 5) is 30.2. The molecule has 3 rings (SSSR count). The summed E-state index contributed by atoms with van der Waals surface area (Å²) >= 11 is 1.47. The number of thiophene rings is 1. The van der Waals surface area contributed by atoms with Crippen molar-refractivity contribution in [1.29, 1.82) is 0 Å². The van der Waals surface area contributed by atoms with Crippen molar-refractivity contribution in [3.05, 3.63) is 57.3 Å². The molecule has 1 aliphatic heterocycles. The molecular weight excluding hydrogens is 412 g/mol. The van der Waals surface area contributed by atoms with Gasteiger partial charge in [0.15, 0.2) is 0 Å². The number of likely N-dealkylation sites (tertiary alicyclic amines) is 1. The van der Waals surface area contributed by atoms with Crippen molar-refractivity contribution in [2.45, 2.75) is 26.8 Å². The fourth-order valence-electron chi connectivity index (χ4n) is 3.53. The van der Waals surface area contributed by atoms with Crippen LogP contribution in [-0.2, 0) is 9.59 Å². The predicted molar refractivity (Wildman–Crippen MR) is 123 cm³/mol. The maximum absolute atomic E-state index is 13.0. The molecule has 1 aromatic carbocycles. The summed E-state index contributed by atoms with van der Waals surface area (Å²) in [5.41, 5.74) is 1.50. The number of ketones is 1. The van der Waals surface area contributed by atoms with E-state index >= 15 is 0 Å². The van der Waals surface area contributed by atoms with Gasteiger partial charge in [0.1, 0.15) is 11.5 Å². The normalized spacial score (nSPS) is 18.4. The van der Waals surface area contributed by atoms with Gasteiger partial charge in [0.2, 0.25) is 0 Å². The van der Waals surface area contributed by atoms with Gasteiger partial charge in [-0.2, -0.15) is 0 Å². The molecule has 1 saturated heterocycles. The minimum atomic E-state index is -0.646. The zero-order chi connectivity index (χ0) is 22.7. The molecule has 1 aromatic heterocycles. The van der Waals surface area contributed by atoms with Gasteiger partial charge < -0.3 is 19.6 Å². The molecule has 1 amide bonds. The number of ether oxygens (including phenoxy) is 1. The Morgan fingerprint density at radius 1 is 1.26 bits per heavy atom. The van der Waals surface area contributed by atoms with Crippen LogP contribution >= 0.6 is 11.3 Å². The van der Waals surface area contributed by atoms with Gasteiger partial charge in [-0.05, 0) is 62.1 Å². The van der Waals surface area contributed by atoms with Gasteiger partial charge in [0.05, 0.1) is 18.2 Å². The molecule has 2 aromatic rings. The second kappa shape index (κ2) is 9.66. The van der Waals surface area contributed by atoms with Crippen LogP contribution in [0.2, 0.25) is 0 Å². The molecule has 1 N–H and O–H groups in total. The molecule has 6 nitrogen and oxygen atoms in total. The lowest BCUT2D eigenvalue weighted by atomic mass is 9.98. The van der Waals surface area contributed by atoms with Gasteiger partial charge in [-0.1, -0.05) is 19.9 Å². The average molecular weight is 443 g/mol. The highest BCUT2D eigenvalue weighted by Gasteiger charge is 2.46. The molecule has 31 heavy (non-hydrogen) atoms. The standard InChI is InChI=1S/C24H30N2O4S/c1-15(2)14-30-18-9-8-17(13-16(18)3)22(27)20-21(19-7-6-12-31-19)26(11-10-25(4)5)24(29)23(20)28/h6-9,12-13,15,21,27H,10-11,14H2,1-5H3/t21-/m1/s1. The molecule has 0 saturated carbocycles. The van der Waals surface area contributed by atoms with Crippen molar-refractivity contribution in [3.63, 3.8) is 0 Å². The van der Waals surface area contributed by atoms with Gasteiger partial charge in [-0.25, -0.2) is 0 Å². The molecule has 0 aliphatic carbocycles. The summed E-state index contributed by atoms with van der Waals surface area (Å²) in [5, 5.41) is 13.0. The third-order valence-corrected chi connectivity index (χ3v) is 6.09. The third kappa shape index (κ3) is 4.99. The Morgan fingerprint density at radius 2 is 2.00 bits per heavy atom. The second-order valence-corrected chi connectivity index (χ2v) is 9.48. The van der Waals surface area contributed by atoms with Crippen LogP contribution in [0.1, 0.15) is 35.9 Å². The number of aliphatic hydroxyl groups is 1. The molecule has 1 atom stereocenters. The Labute approximate surface area is 187 Å². The zero-order valence-electron chi connectivity index (χ0n) is 18.7. The fraction of sp³-hybridized carbons (Fsp3) is 0.417. The van der Waals surface area contributed by atoms with E-state index in [4.69, 9.17) is 4.74 Å². The molecule has 1 aliphatic rings. The number of rotatable bonds is 8. The summed E-state index contributed by atoms with van der Waals surface area (Å²) in [6.07, 6.45) is 0. The fourth-order valence-corrected chi connectivity index (χ4v) is 4.38. The first-order valence-corrected chi connectivity index (χ1v) is 11.3. The van der Waals surface area contributed by atoms with Crippen molar-refractivity contribution < 1.29 is 19.4 Å². The largest absolute Gasteiger partial charge is 0.507 e. The van der Waals surface area contributed by atoms with Crippen molar-refractivity contribution in [3.8, 4) is 5.75 Å². The molecule has 0 spiro atoms. The number of benzene rings is 1. The zero-order valence-corrected chi connectivity index (χ0v) is 19.5. The van der Waals surface area contributed by atoms with E-state index in [0.29, 0.717) is 31.2 Å². The van der Waals surface area contributed by atoms with Crippen LogP contribution in [0, 0.1) is 12.8 Å². The number of amides is 1. The van der Waals surface area contributed by atoms with E-state index in [-0.39, 0.29) is 11.3 Å². The van der Waals surface area contributed by atoms with Crippen LogP contribution in [0.4, 0.5) is 0 Å². The van der Waals surface area contributed by atoms with Crippen LogP contribution in [0.5, 0.6) is 5.75 Å². The van der Waals surface area contributed by atoms with Crippen molar-refractivity contribution in [2.75, 3.05) is 33.8 Å². The lowest BCUT2D eigenvalue weighted by molar-refractivity contribution is -0.140. The highest BCUT2D eigenvalue weighted by molar-refractivity contribution is 7.10. The smallest absolute Gasteiger partial charge is 0.295 e. The van der Waals surface area contributed by atoms with E-state index < -0.39 is 17.7 Å². The predicted octanol–water partition coefficient (Wildman–Crippen LogP) is 4.07. The minimum Gasteiger partial charge on any atom is -0.507 e. The first kappa shape index (κ1) is 23.0. The van der Waals surface area contributed by atoms with E-state index in [0.717, 1.165) is 16.2 Å². The number of likely N-dealkylation sites (N-methyl/N-ethyl adjacent to an activating group) is 1. The second-order valence-electron chi connectivity index (χ2n) is 8.50. The van der Waals surface area contributed by atoms with Gasteiger partial charge >= 0.3 is 0 Å². The number of aryl methyl sites for hydroxylation is 1. The van der Waals surface area contributed by atoms with E-state index in [1.54, 1.807) is 23.1 Å². The Bertz CT molecular complexity index is 979. The topological polar surface area (TPSA) is 70.1 Å². The van der Waals surface area contributed by atoms with Crippen LogP contribution in [0.25, 0.3) is 5.76 Å². The maximum atomic E-state index is 13.0. The first-order valence-electron chi connectivity index (χ1n) is 10.4. The number of carbonyl (C=O) groups excluding carboxylic acids is 2. The molecule has 166 valence electrons. The van der Waals surface area contributed by atoms with Crippen LogP contribution in [-0.4, -0.2) is 60.4 Å². The van der Waals surface area contributed by atoms with Gasteiger partial charge in [-0.15, -0.1) is 11.3 Å². The summed E-state index contributed by atoms with van der Waals surface area (Å²) in [6, 6.07) is 8.52. The van der Waals surface area contributed by atoms with E-state index in [2.05, 4.69) is 13.8 Å². The molecule has 0 radical (unpaired) electrons. The molecule has 1 fully saturated rings. The maximum Gasteiger partial charge on any atom is 0.295 e. The summed E-state index contributed by atoms with van der Waals surface area (Å²) in [7, 11) is 3.84. The average Bonchev–Trinajstić information content (AvgIpc) is 3.32. The summed E-state index contributed by atoms with van der Waals surface area (Å²) < 4.78 is 5.82. The number of aliphatic hydroxyl groups excluding tert-OH is 1. The van der Waals surface area contributed by atoms with Crippen molar-refractivity contribution in [2.24, 2.45) is 5.92 Å². The van der Waals surface area contributed by atoms with Crippen LogP contribution in [0.3, 0.4) is 0 Å². The van der Waals surface area contributed by atoms with Gasteiger partial charge in [-0.3, -0.25) is 9.59 Å². The van der Waals surface area contributed by atoms with Crippen molar-refractivity contribution >= 4 is 28.8 Å². The number of hydrogen-bond donors (Lipinski definition) is 1. The molecule has 0 unspecified atom stereocenters. The summed E-state index contributed by atoms with van der Waals surface area (Å²) in [5.74, 6) is -0.228. The molecular formula is C24H30N2O4S. The first-order chi connectivity index (χ1) is 14.7. The number of Topliss-reactive ketones (excluding diaryl/α,β-unsaturated/α-hetero) is 1. The van der Waals surface area contributed by atoms with Crippen LogP contribution in [0.15, 0.2) is 41.3 Å². The van der Waals surface area contributed by atoms with E-state index in [1.165, 1.54) is 11.3 Å². The molecule has 7 heteroatoms.